The number of thiophene rings is 1. The quantitative estimate of drug-likeness (QED) is 0.813. The molecule has 0 aliphatic heterocycles. The fraction of sp³-hybridized carbons (Fsp3) is 0.667. The molecule has 14 heavy (non-hydrogen) atoms. The Kier molecular flexibility index (Phi) is 2.24. The van der Waals surface area contributed by atoms with Crippen LogP contribution in [0.15, 0.2) is 11.4 Å². The Hall–Kier alpha value is -0.340. The summed E-state index contributed by atoms with van der Waals surface area (Å²) >= 11 is 1.89. The lowest BCUT2D eigenvalue weighted by Crippen LogP contribution is -2.45. The largest absolute Gasteiger partial charge is 0.325 e. The van der Waals surface area contributed by atoms with Crippen molar-refractivity contribution in [2.24, 2.45) is 5.73 Å². The van der Waals surface area contributed by atoms with Crippen molar-refractivity contribution in [2.75, 3.05) is 0 Å². The monoisotopic (exact) mass is 209 g/mol. The number of hydrogen-bond acceptors (Lipinski definition) is 2. The summed E-state index contributed by atoms with van der Waals surface area (Å²) in [6, 6.07) is 2.26. The molecule has 0 atom stereocenters. The molecule has 2 rings (SSSR count). The minimum atomic E-state index is -0.0677. The molecule has 1 aromatic rings. The summed E-state index contributed by atoms with van der Waals surface area (Å²) in [4.78, 5) is 1.55. The second kappa shape index (κ2) is 3.07. The molecule has 0 aromatic carbocycles. The van der Waals surface area contributed by atoms with Crippen molar-refractivity contribution in [2.45, 2.75) is 51.0 Å². The van der Waals surface area contributed by atoms with E-state index in [1.54, 1.807) is 4.88 Å². The zero-order valence-corrected chi connectivity index (χ0v) is 10.1. The van der Waals surface area contributed by atoms with Crippen molar-refractivity contribution >= 4 is 11.3 Å². The Morgan fingerprint density at radius 1 is 1.50 bits per heavy atom. The second-order valence-electron chi connectivity index (χ2n) is 4.93. The average Bonchev–Trinajstić information content (AvgIpc) is 2.78. The standard InChI is InChI=1S/C12H19NS/c1-4-9-5-8-14-10(9)12(6-7-12)11(2,3)13/h5,8H,4,6-7,13H2,1-3H3. The van der Waals surface area contributed by atoms with E-state index in [4.69, 9.17) is 5.73 Å². The van der Waals surface area contributed by atoms with E-state index in [9.17, 15) is 0 Å². The van der Waals surface area contributed by atoms with E-state index in [0.29, 0.717) is 5.41 Å². The maximum absolute atomic E-state index is 6.30. The molecule has 0 spiro atoms. The molecule has 1 aliphatic carbocycles. The first kappa shape index (κ1) is 10.2. The van der Waals surface area contributed by atoms with Gasteiger partial charge in [0, 0.05) is 15.8 Å². The van der Waals surface area contributed by atoms with Gasteiger partial charge in [-0.1, -0.05) is 6.92 Å². The summed E-state index contributed by atoms with van der Waals surface area (Å²) in [5.74, 6) is 0. The molecule has 2 N–H and O–H groups in total. The molecule has 0 radical (unpaired) electrons. The molecule has 1 aliphatic rings. The Balaban J connectivity index is 2.40. The highest BCUT2D eigenvalue weighted by Crippen LogP contribution is 2.57. The zero-order valence-electron chi connectivity index (χ0n) is 9.26. The van der Waals surface area contributed by atoms with E-state index in [-0.39, 0.29) is 5.54 Å². The molecule has 1 nitrogen and oxygen atoms in total. The predicted molar refractivity (Wildman–Crippen MR) is 62.9 cm³/mol. The summed E-state index contributed by atoms with van der Waals surface area (Å²) in [5.41, 5.74) is 8.03. The SMILES string of the molecule is CCc1ccsc1C1(C(C)(C)N)CC1. The van der Waals surface area contributed by atoms with Gasteiger partial charge in [-0.05, 0) is 50.1 Å². The molecule has 1 saturated carbocycles. The summed E-state index contributed by atoms with van der Waals surface area (Å²) < 4.78 is 0. The maximum atomic E-state index is 6.30. The van der Waals surface area contributed by atoms with E-state index in [1.165, 1.54) is 18.4 Å². The van der Waals surface area contributed by atoms with Crippen LogP contribution in [0.2, 0.25) is 0 Å². The fourth-order valence-corrected chi connectivity index (χ4v) is 3.75. The minimum Gasteiger partial charge on any atom is -0.325 e. The van der Waals surface area contributed by atoms with E-state index in [0.717, 1.165) is 6.42 Å². The van der Waals surface area contributed by atoms with Crippen LogP contribution in [0.3, 0.4) is 0 Å². The van der Waals surface area contributed by atoms with Crippen molar-refractivity contribution in [3.05, 3.63) is 21.9 Å². The highest BCUT2D eigenvalue weighted by molar-refractivity contribution is 7.10. The van der Waals surface area contributed by atoms with Gasteiger partial charge in [0.15, 0.2) is 0 Å². The second-order valence-corrected chi connectivity index (χ2v) is 5.85. The number of nitrogens with two attached hydrogens (primary N) is 1. The average molecular weight is 209 g/mol. The van der Waals surface area contributed by atoms with Crippen LogP contribution in [0.5, 0.6) is 0 Å². The molecule has 0 bridgehead atoms. The third-order valence-corrected chi connectivity index (χ3v) is 4.71. The summed E-state index contributed by atoms with van der Waals surface area (Å²) in [7, 11) is 0. The van der Waals surface area contributed by atoms with Gasteiger partial charge in [0.05, 0.1) is 0 Å². The maximum Gasteiger partial charge on any atom is 0.0225 e. The smallest absolute Gasteiger partial charge is 0.0225 e. The van der Waals surface area contributed by atoms with Crippen molar-refractivity contribution in [1.82, 2.24) is 0 Å². The van der Waals surface area contributed by atoms with Gasteiger partial charge in [-0.3, -0.25) is 0 Å². The minimum absolute atomic E-state index is 0.0677. The Bertz CT molecular complexity index is 328. The molecule has 0 saturated heterocycles. The van der Waals surface area contributed by atoms with E-state index in [2.05, 4.69) is 32.2 Å². The van der Waals surface area contributed by atoms with Crippen molar-refractivity contribution in [1.29, 1.82) is 0 Å². The van der Waals surface area contributed by atoms with E-state index >= 15 is 0 Å². The molecule has 1 heterocycles. The molecule has 2 heteroatoms. The molecule has 0 amide bonds. The van der Waals surface area contributed by atoms with Crippen LogP contribution in [0.4, 0.5) is 0 Å². The first-order valence-electron chi connectivity index (χ1n) is 5.37. The fourth-order valence-electron chi connectivity index (χ4n) is 2.32. The lowest BCUT2D eigenvalue weighted by atomic mass is 9.82. The summed E-state index contributed by atoms with van der Waals surface area (Å²) in [6.45, 7) is 6.56. The van der Waals surface area contributed by atoms with Crippen LogP contribution in [-0.4, -0.2) is 5.54 Å². The first-order valence-corrected chi connectivity index (χ1v) is 6.25. The lowest BCUT2D eigenvalue weighted by Gasteiger charge is -2.31. The number of aryl methyl sites for hydroxylation is 1. The Morgan fingerprint density at radius 3 is 2.57 bits per heavy atom. The van der Waals surface area contributed by atoms with Crippen LogP contribution in [-0.2, 0) is 11.8 Å². The van der Waals surface area contributed by atoms with Crippen LogP contribution in [0.1, 0.15) is 44.1 Å². The predicted octanol–water partition coefficient (Wildman–Crippen LogP) is 3.08. The molecule has 0 unspecified atom stereocenters. The van der Waals surface area contributed by atoms with Crippen LogP contribution in [0, 0.1) is 0 Å². The third-order valence-electron chi connectivity index (χ3n) is 3.55. The molecule has 78 valence electrons. The van der Waals surface area contributed by atoms with Crippen LogP contribution < -0.4 is 5.73 Å². The lowest BCUT2D eigenvalue weighted by molar-refractivity contribution is 0.395. The van der Waals surface area contributed by atoms with Gasteiger partial charge < -0.3 is 5.73 Å². The highest BCUT2D eigenvalue weighted by Gasteiger charge is 2.55. The molecule has 1 fully saturated rings. The van der Waals surface area contributed by atoms with Gasteiger partial charge in [-0.25, -0.2) is 0 Å². The van der Waals surface area contributed by atoms with Crippen LogP contribution >= 0.6 is 11.3 Å². The Labute approximate surface area is 90.3 Å². The van der Waals surface area contributed by atoms with Gasteiger partial charge in [-0.2, -0.15) is 0 Å². The molecule has 1 aromatic heterocycles. The normalized spacial score (nSPS) is 19.7. The molecular formula is C12H19NS. The van der Waals surface area contributed by atoms with Gasteiger partial charge >= 0.3 is 0 Å². The van der Waals surface area contributed by atoms with Crippen molar-refractivity contribution in [3.63, 3.8) is 0 Å². The number of rotatable bonds is 3. The summed E-state index contributed by atoms with van der Waals surface area (Å²) in [6.07, 6.45) is 3.67. The zero-order chi connectivity index (χ0) is 10.4. The Morgan fingerprint density at radius 2 is 2.14 bits per heavy atom. The number of hydrogen-bond donors (Lipinski definition) is 1. The van der Waals surface area contributed by atoms with Crippen molar-refractivity contribution < 1.29 is 0 Å². The highest BCUT2D eigenvalue weighted by atomic mass is 32.1. The van der Waals surface area contributed by atoms with E-state index < -0.39 is 0 Å². The summed E-state index contributed by atoms with van der Waals surface area (Å²) in [5, 5.41) is 2.21. The molecular weight excluding hydrogens is 190 g/mol. The third kappa shape index (κ3) is 1.32. The van der Waals surface area contributed by atoms with Gasteiger partial charge in [0.2, 0.25) is 0 Å². The van der Waals surface area contributed by atoms with Crippen LogP contribution in [0.25, 0.3) is 0 Å². The first-order chi connectivity index (χ1) is 6.51. The van der Waals surface area contributed by atoms with Gasteiger partial charge in [0.25, 0.3) is 0 Å². The van der Waals surface area contributed by atoms with Gasteiger partial charge in [0.1, 0.15) is 0 Å². The topological polar surface area (TPSA) is 26.0 Å². The van der Waals surface area contributed by atoms with Crippen molar-refractivity contribution in [3.8, 4) is 0 Å². The van der Waals surface area contributed by atoms with Gasteiger partial charge in [-0.15, -0.1) is 11.3 Å². The van der Waals surface area contributed by atoms with E-state index in [1.807, 2.05) is 11.3 Å².